The second-order valence-corrected chi connectivity index (χ2v) is 3.58. The van der Waals surface area contributed by atoms with Gasteiger partial charge >= 0.3 is 6.03 Å². The molecule has 0 bridgehead atoms. The van der Waals surface area contributed by atoms with E-state index in [9.17, 15) is 4.79 Å². The number of nitrogens with zero attached hydrogens (tertiary/aromatic N) is 1. The van der Waals surface area contributed by atoms with E-state index in [2.05, 4.69) is 11.9 Å². The van der Waals surface area contributed by atoms with Crippen LogP contribution in [0.1, 0.15) is 12.5 Å². The lowest BCUT2D eigenvalue weighted by Gasteiger charge is -2.28. The minimum Gasteiger partial charge on any atom is -0.494 e. The molecule has 84 valence electrons. The molecule has 0 aliphatic carbocycles. The Morgan fingerprint density at radius 3 is 2.94 bits per heavy atom. The average molecular weight is 218 g/mol. The summed E-state index contributed by atoms with van der Waals surface area (Å²) in [5, 5.41) is 2.78. The molecule has 1 aromatic carbocycles. The molecule has 0 saturated heterocycles. The van der Waals surface area contributed by atoms with Crippen molar-refractivity contribution in [1.82, 2.24) is 4.90 Å². The van der Waals surface area contributed by atoms with Gasteiger partial charge in [0.1, 0.15) is 5.75 Å². The van der Waals surface area contributed by atoms with Gasteiger partial charge in [-0.3, -0.25) is 4.90 Å². The van der Waals surface area contributed by atoms with E-state index in [-0.39, 0.29) is 6.03 Å². The number of carbonyl (C=O) groups excluding carboxylic acids is 1. The van der Waals surface area contributed by atoms with Gasteiger partial charge in [0, 0.05) is 18.3 Å². The van der Waals surface area contributed by atoms with Crippen LogP contribution in [-0.2, 0) is 0 Å². The number of fused-ring (bicyclic) bond motifs is 1. The van der Waals surface area contributed by atoms with Gasteiger partial charge in [0.25, 0.3) is 0 Å². The van der Waals surface area contributed by atoms with Crippen molar-refractivity contribution in [3.63, 3.8) is 0 Å². The Hall–Kier alpha value is -1.97. The van der Waals surface area contributed by atoms with E-state index < -0.39 is 0 Å². The summed E-state index contributed by atoms with van der Waals surface area (Å²) in [6, 6.07) is 5.39. The predicted molar refractivity (Wildman–Crippen MR) is 63.4 cm³/mol. The standard InChI is InChI=1S/C12H14N2O2/c1-4-16-9-5-6-11-10(7-9)8(2)14(3)12(15)13-11/h5-7H,2,4H2,1,3H3,(H,13,15). The van der Waals surface area contributed by atoms with Crippen molar-refractivity contribution in [2.45, 2.75) is 6.92 Å². The zero-order chi connectivity index (χ0) is 11.7. The van der Waals surface area contributed by atoms with Gasteiger partial charge in [0.2, 0.25) is 0 Å². The Morgan fingerprint density at radius 2 is 2.25 bits per heavy atom. The van der Waals surface area contributed by atoms with Crippen LogP contribution in [0.4, 0.5) is 10.5 Å². The highest BCUT2D eigenvalue weighted by atomic mass is 16.5. The van der Waals surface area contributed by atoms with Crippen molar-refractivity contribution in [3.8, 4) is 5.75 Å². The van der Waals surface area contributed by atoms with Gasteiger partial charge in [-0.25, -0.2) is 4.79 Å². The Balaban J connectivity index is 2.42. The molecule has 2 amide bonds. The molecule has 4 heteroatoms. The number of ether oxygens (including phenoxy) is 1. The van der Waals surface area contributed by atoms with Gasteiger partial charge in [-0.2, -0.15) is 0 Å². The molecule has 0 atom stereocenters. The van der Waals surface area contributed by atoms with E-state index in [0.29, 0.717) is 12.3 Å². The molecule has 16 heavy (non-hydrogen) atoms. The van der Waals surface area contributed by atoms with E-state index in [1.54, 1.807) is 7.05 Å². The molecule has 0 saturated carbocycles. The fourth-order valence-corrected chi connectivity index (χ4v) is 1.63. The van der Waals surface area contributed by atoms with Crippen LogP contribution in [0.15, 0.2) is 24.8 Å². The predicted octanol–water partition coefficient (Wildman–Crippen LogP) is 2.53. The molecule has 1 aliphatic rings. The smallest absolute Gasteiger partial charge is 0.326 e. The molecular weight excluding hydrogens is 204 g/mol. The molecule has 4 nitrogen and oxygen atoms in total. The summed E-state index contributed by atoms with van der Waals surface area (Å²) in [5.74, 6) is 0.784. The van der Waals surface area contributed by atoms with Crippen molar-refractivity contribution in [1.29, 1.82) is 0 Å². The Bertz CT molecular complexity index is 454. The number of anilines is 1. The first kappa shape index (κ1) is 10.5. The van der Waals surface area contributed by atoms with Crippen LogP contribution < -0.4 is 10.1 Å². The van der Waals surface area contributed by atoms with Crippen molar-refractivity contribution < 1.29 is 9.53 Å². The molecule has 1 heterocycles. The first-order valence-corrected chi connectivity index (χ1v) is 5.14. The minimum atomic E-state index is -0.165. The van der Waals surface area contributed by atoms with Gasteiger partial charge in [0.15, 0.2) is 0 Å². The summed E-state index contributed by atoms with van der Waals surface area (Å²) in [5.41, 5.74) is 2.35. The van der Waals surface area contributed by atoms with Crippen molar-refractivity contribution in [2.24, 2.45) is 0 Å². The SMILES string of the molecule is C=C1c2cc(OCC)ccc2NC(=O)N1C. The lowest BCUT2D eigenvalue weighted by Crippen LogP contribution is -2.34. The minimum absolute atomic E-state index is 0.165. The first-order chi connectivity index (χ1) is 7.63. The second-order valence-electron chi connectivity index (χ2n) is 3.58. The van der Waals surface area contributed by atoms with E-state index >= 15 is 0 Å². The number of amides is 2. The lowest BCUT2D eigenvalue weighted by molar-refractivity contribution is 0.236. The number of carbonyl (C=O) groups is 1. The van der Waals surface area contributed by atoms with Gasteiger partial charge < -0.3 is 10.1 Å². The van der Waals surface area contributed by atoms with Crippen LogP contribution in [0.2, 0.25) is 0 Å². The third-order valence-electron chi connectivity index (χ3n) is 2.56. The third kappa shape index (κ3) is 1.62. The largest absolute Gasteiger partial charge is 0.494 e. The van der Waals surface area contributed by atoms with Crippen LogP contribution in [0.5, 0.6) is 5.75 Å². The van der Waals surface area contributed by atoms with Crippen LogP contribution in [0.3, 0.4) is 0 Å². The number of rotatable bonds is 2. The van der Waals surface area contributed by atoms with E-state index in [4.69, 9.17) is 4.74 Å². The molecule has 0 aromatic heterocycles. The van der Waals surface area contributed by atoms with Gasteiger partial charge in [-0.1, -0.05) is 6.58 Å². The molecule has 0 unspecified atom stereocenters. The van der Waals surface area contributed by atoms with Crippen molar-refractivity contribution in [3.05, 3.63) is 30.3 Å². The van der Waals surface area contributed by atoms with Crippen molar-refractivity contribution in [2.75, 3.05) is 19.0 Å². The summed E-state index contributed by atoms with van der Waals surface area (Å²) >= 11 is 0. The number of urea groups is 1. The van der Waals surface area contributed by atoms with Crippen molar-refractivity contribution >= 4 is 17.4 Å². The highest BCUT2D eigenvalue weighted by Crippen LogP contribution is 2.32. The summed E-state index contributed by atoms with van der Waals surface area (Å²) in [6.45, 7) is 6.45. The highest BCUT2D eigenvalue weighted by molar-refractivity contribution is 6.02. The highest BCUT2D eigenvalue weighted by Gasteiger charge is 2.23. The van der Waals surface area contributed by atoms with E-state index in [1.807, 2.05) is 25.1 Å². The fourth-order valence-electron chi connectivity index (χ4n) is 1.63. The molecule has 0 fully saturated rings. The van der Waals surface area contributed by atoms with Crippen LogP contribution in [0.25, 0.3) is 5.70 Å². The molecular formula is C12H14N2O2. The normalized spacial score (nSPS) is 14.5. The summed E-state index contributed by atoms with van der Waals surface area (Å²) in [7, 11) is 1.69. The van der Waals surface area contributed by atoms with Crippen LogP contribution in [-0.4, -0.2) is 24.6 Å². The summed E-state index contributed by atoms with van der Waals surface area (Å²) in [6.07, 6.45) is 0. The molecule has 0 radical (unpaired) electrons. The molecule has 0 spiro atoms. The van der Waals surface area contributed by atoms with Gasteiger partial charge in [0.05, 0.1) is 12.3 Å². The first-order valence-electron chi connectivity index (χ1n) is 5.14. The molecule has 2 rings (SSSR count). The molecule has 1 aromatic rings. The average Bonchev–Trinajstić information content (AvgIpc) is 2.28. The topological polar surface area (TPSA) is 41.6 Å². The van der Waals surface area contributed by atoms with Crippen LogP contribution in [0, 0.1) is 0 Å². The summed E-state index contributed by atoms with van der Waals surface area (Å²) < 4.78 is 5.41. The number of hydrogen-bond donors (Lipinski definition) is 1. The van der Waals surface area contributed by atoms with E-state index in [0.717, 1.165) is 17.0 Å². The Morgan fingerprint density at radius 1 is 1.50 bits per heavy atom. The fraction of sp³-hybridized carbons (Fsp3) is 0.250. The third-order valence-corrected chi connectivity index (χ3v) is 2.56. The Kier molecular flexibility index (Phi) is 2.56. The molecule has 1 aliphatic heterocycles. The summed E-state index contributed by atoms with van der Waals surface area (Å²) in [4.78, 5) is 13.0. The number of hydrogen-bond acceptors (Lipinski definition) is 2. The second kappa shape index (κ2) is 3.89. The van der Waals surface area contributed by atoms with E-state index in [1.165, 1.54) is 4.90 Å². The monoisotopic (exact) mass is 218 g/mol. The quantitative estimate of drug-likeness (QED) is 0.828. The lowest BCUT2D eigenvalue weighted by atomic mass is 10.1. The maximum absolute atomic E-state index is 11.5. The molecule has 1 N–H and O–H groups in total. The zero-order valence-electron chi connectivity index (χ0n) is 9.41. The number of nitrogens with one attached hydrogen (secondary N) is 1. The van der Waals surface area contributed by atoms with Crippen LogP contribution >= 0.6 is 0 Å². The zero-order valence-corrected chi connectivity index (χ0v) is 9.41. The Labute approximate surface area is 94.5 Å². The maximum Gasteiger partial charge on any atom is 0.326 e. The van der Waals surface area contributed by atoms with Gasteiger partial charge in [-0.15, -0.1) is 0 Å². The number of benzene rings is 1. The maximum atomic E-state index is 11.5. The van der Waals surface area contributed by atoms with Gasteiger partial charge in [-0.05, 0) is 25.1 Å².